The maximum Gasteiger partial charge on any atom is 0.277 e. The SMILES string of the molecule is COc1ccc(Br)cc1/C=N/NC(=O)COc1ccccc1OC. The Hall–Kier alpha value is -2.54. The summed E-state index contributed by atoms with van der Waals surface area (Å²) in [5.41, 5.74) is 3.14. The Bertz CT molecular complexity index is 734. The molecular weight excluding hydrogens is 376 g/mol. The fourth-order valence-electron chi connectivity index (χ4n) is 1.89. The predicted octanol–water partition coefficient (Wildman–Crippen LogP) is 3.00. The number of carbonyl (C=O) groups excluding carboxylic acids is 1. The van der Waals surface area contributed by atoms with Gasteiger partial charge >= 0.3 is 0 Å². The number of carbonyl (C=O) groups is 1. The predicted molar refractivity (Wildman–Crippen MR) is 94.9 cm³/mol. The molecule has 2 rings (SSSR count). The molecule has 0 spiro atoms. The monoisotopic (exact) mass is 392 g/mol. The van der Waals surface area contributed by atoms with Crippen molar-refractivity contribution in [3.63, 3.8) is 0 Å². The fraction of sp³-hybridized carbons (Fsp3) is 0.176. The molecule has 0 saturated heterocycles. The zero-order valence-electron chi connectivity index (χ0n) is 13.3. The summed E-state index contributed by atoms with van der Waals surface area (Å²) in [4.78, 5) is 11.8. The van der Waals surface area contributed by atoms with E-state index in [0.29, 0.717) is 17.2 Å². The van der Waals surface area contributed by atoms with Gasteiger partial charge in [-0.3, -0.25) is 4.79 Å². The first kappa shape index (κ1) is 17.8. The molecule has 0 aliphatic heterocycles. The smallest absolute Gasteiger partial charge is 0.277 e. The number of methoxy groups -OCH3 is 2. The van der Waals surface area contributed by atoms with Crippen molar-refractivity contribution in [3.8, 4) is 17.2 Å². The van der Waals surface area contributed by atoms with Crippen LogP contribution in [0.1, 0.15) is 5.56 Å². The Labute approximate surface area is 148 Å². The van der Waals surface area contributed by atoms with E-state index in [1.54, 1.807) is 31.4 Å². The van der Waals surface area contributed by atoms with E-state index in [-0.39, 0.29) is 12.5 Å². The van der Waals surface area contributed by atoms with Crippen molar-refractivity contribution in [2.75, 3.05) is 20.8 Å². The minimum Gasteiger partial charge on any atom is -0.496 e. The third-order valence-electron chi connectivity index (χ3n) is 3.01. The molecule has 1 N–H and O–H groups in total. The summed E-state index contributed by atoms with van der Waals surface area (Å²) in [7, 11) is 3.11. The van der Waals surface area contributed by atoms with Gasteiger partial charge in [0.2, 0.25) is 0 Å². The maximum absolute atomic E-state index is 11.8. The molecular formula is C17H17BrN2O4. The van der Waals surface area contributed by atoms with E-state index in [1.807, 2.05) is 18.2 Å². The van der Waals surface area contributed by atoms with Crippen LogP contribution in [-0.4, -0.2) is 32.9 Å². The number of hydrazone groups is 1. The van der Waals surface area contributed by atoms with Gasteiger partial charge in [-0.25, -0.2) is 5.43 Å². The van der Waals surface area contributed by atoms with Crippen molar-refractivity contribution in [3.05, 3.63) is 52.5 Å². The summed E-state index contributed by atoms with van der Waals surface area (Å²) in [6.45, 7) is -0.173. The number of nitrogens with zero attached hydrogens (tertiary/aromatic N) is 1. The first-order valence-corrected chi connectivity index (χ1v) is 7.84. The van der Waals surface area contributed by atoms with Gasteiger partial charge in [-0.2, -0.15) is 5.10 Å². The molecule has 7 heteroatoms. The van der Waals surface area contributed by atoms with E-state index in [0.717, 1.165) is 10.0 Å². The standard InChI is InChI=1S/C17H17BrN2O4/c1-22-14-8-7-13(18)9-12(14)10-19-20-17(21)11-24-16-6-4-3-5-15(16)23-2/h3-10H,11H2,1-2H3,(H,20,21)/b19-10+. The average molecular weight is 393 g/mol. The third-order valence-corrected chi connectivity index (χ3v) is 3.51. The second-order valence-electron chi connectivity index (χ2n) is 4.62. The molecule has 0 aliphatic carbocycles. The van der Waals surface area contributed by atoms with Crippen LogP contribution in [0.4, 0.5) is 0 Å². The molecule has 0 aliphatic rings. The maximum atomic E-state index is 11.8. The van der Waals surface area contributed by atoms with Crippen LogP contribution in [0.5, 0.6) is 17.2 Å². The van der Waals surface area contributed by atoms with Crippen molar-refractivity contribution < 1.29 is 19.0 Å². The number of hydrogen-bond acceptors (Lipinski definition) is 5. The van der Waals surface area contributed by atoms with Gasteiger partial charge in [-0.1, -0.05) is 28.1 Å². The molecule has 0 aromatic heterocycles. The molecule has 126 valence electrons. The van der Waals surface area contributed by atoms with Crippen molar-refractivity contribution in [2.45, 2.75) is 0 Å². The Morgan fingerprint density at radius 2 is 1.83 bits per heavy atom. The minimum absolute atomic E-state index is 0.173. The van der Waals surface area contributed by atoms with Gasteiger partial charge in [-0.05, 0) is 30.3 Å². The molecule has 2 aromatic carbocycles. The molecule has 6 nitrogen and oxygen atoms in total. The van der Waals surface area contributed by atoms with Crippen LogP contribution in [0.15, 0.2) is 52.0 Å². The summed E-state index contributed by atoms with van der Waals surface area (Å²) in [5.74, 6) is 1.33. The van der Waals surface area contributed by atoms with Gasteiger partial charge < -0.3 is 14.2 Å². The molecule has 0 fully saturated rings. The summed E-state index contributed by atoms with van der Waals surface area (Å²) < 4.78 is 16.7. The lowest BCUT2D eigenvalue weighted by atomic mass is 10.2. The number of nitrogens with one attached hydrogen (secondary N) is 1. The number of benzene rings is 2. The van der Waals surface area contributed by atoms with E-state index in [2.05, 4.69) is 26.5 Å². The molecule has 0 unspecified atom stereocenters. The lowest BCUT2D eigenvalue weighted by Crippen LogP contribution is -2.24. The van der Waals surface area contributed by atoms with Crippen LogP contribution in [0.2, 0.25) is 0 Å². The van der Waals surface area contributed by atoms with E-state index in [9.17, 15) is 4.79 Å². The molecule has 2 aromatic rings. The lowest BCUT2D eigenvalue weighted by Gasteiger charge is -2.09. The normalized spacial score (nSPS) is 10.5. The second-order valence-corrected chi connectivity index (χ2v) is 5.53. The van der Waals surface area contributed by atoms with E-state index < -0.39 is 0 Å². The van der Waals surface area contributed by atoms with Crippen molar-refractivity contribution in [2.24, 2.45) is 5.10 Å². The Kier molecular flexibility index (Phi) is 6.62. The van der Waals surface area contributed by atoms with Gasteiger partial charge in [0, 0.05) is 10.0 Å². The van der Waals surface area contributed by atoms with E-state index >= 15 is 0 Å². The van der Waals surface area contributed by atoms with Crippen molar-refractivity contribution >= 4 is 28.1 Å². The molecule has 0 radical (unpaired) electrons. The topological polar surface area (TPSA) is 69.2 Å². The summed E-state index contributed by atoms with van der Waals surface area (Å²) in [5, 5.41) is 3.91. The first-order chi connectivity index (χ1) is 11.6. The van der Waals surface area contributed by atoms with Crippen molar-refractivity contribution in [1.29, 1.82) is 0 Å². The highest BCUT2D eigenvalue weighted by Gasteiger charge is 2.06. The molecule has 0 bridgehead atoms. The van der Waals surface area contributed by atoms with Gasteiger partial charge in [0.05, 0.1) is 20.4 Å². The zero-order chi connectivity index (χ0) is 17.4. The zero-order valence-corrected chi connectivity index (χ0v) is 14.9. The quantitative estimate of drug-likeness (QED) is 0.580. The van der Waals surface area contributed by atoms with Crippen LogP contribution in [0.25, 0.3) is 0 Å². The fourth-order valence-corrected chi connectivity index (χ4v) is 2.27. The van der Waals surface area contributed by atoms with Crippen LogP contribution >= 0.6 is 15.9 Å². The highest BCUT2D eigenvalue weighted by Crippen LogP contribution is 2.25. The third kappa shape index (κ3) is 4.99. The molecule has 1 amide bonds. The van der Waals surface area contributed by atoms with Gasteiger partial charge in [0.25, 0.3) is 5.91 Å². The average Bonchev–Trinajstić information content (AvgIpc) is 2.60. The first-order valence-electron chi connectivity index (χ1n) is 7.05. The van der Waals surface area contributed by atoms with Crippen LogP contribution in [-0.2, 0) is 4.79 Å². The molecule has 0 atom stereocenters. The number of hydrogen-bond donors (Lipinski definition) is 1. The van der Waals surface area contributed by atoms with Crippen LogP contribution in [0, 0.1) is 0 Å². The highest BCUT2D eigenvalue weighted by molar-refractivity contribution is 9.10. The van der Waals surface area contributed by atoms with Gasteiger partial charge in [0.1, 0.15) is 5.75 Å². The summed E-state index contributed by atoms with van der Waals surface area (Å²) in [6.07, 6.45) is 1.50. The van der Waals surface area contributed by atoms with Gasteiger partial charge in [0.15, 0.2) is 18.1 Å². The van der Waals surface area contributed by atoms with E-state index in [1.165, 1.54) is 13.3 Å². The Morgan fingerprint density at radius 1 is 1.12 bits per heavy atom. The van der Waals surface area contributed by atoms with Gasteiger partial charge in [-0.15, -0.1) is 0 Å². The molecule has 0 saturated carbocycles. The highest BCUT2D eigenvalue weighted by atomic mass is 79.9. The largest absolute Gasteiger partial charge is 0.496 e. The minimum atomic E-state index is -0.383. The number of ether oxygens (including phenoxy) is 3. The van der Waals surface area contributed by atoms with Crippen LogP contribution in [0.3, 0.4) is 0 Å². The second kappa shape index (κ2) is 8.93. The van der Waals surface area contributed by atoms with Crippen LogP contribution < -0.4 is 19.6 Å². The molecule has 0 heterocycles. The number of halogens is 1. The summed E-state index contributed by atoms with van der Waals surface area (Å²) >= 11 is 3.37. The van der Waals surface area contributed by atoms with E-state index in [4.69, 9.17) is 14.2 Å². The number of para-hydroxylation sites is 2. The number of rotatable bonds is 7. The summed E-state index contributed by atoms with van der Waals surface area (Å²) in [6, 6.07) is 12.6. The number of amides is 1. The molecule has 24 heavy (non-hydrogen) atoms. The lowest BCUT2D eigenvalue weighted by molar-refractivity contribution is -0.123. The Balaban J connectivity index is 1.90. The van der Waals surface area contributed by atoms with Crippen molar-refractivity contribution in [1.82, 2.24) is 5.43 Å². The Morgan fingerprint density at radius 3 is 2.54 bits per heavy atom.